The molecule has 1 atom stereocenters. The molecule has 1 unspecified atom stereocenters. The zero-order valence-corrected chi connectivity index (χ0v) is 13.0. The summed E-state index contributed by atoms with van der Waals surface area (Å²) in [6, 6.07) is 7.15. The lowest BCUT2D eigenvalue weighted by molar-refractivity contribution is -0.117. The first-order valence-corrected chi connectivity index (χ1v) is 7.00. The highest BCUT2D eigenvalue weighted by molar-refractivity contribution is 5.97. The molecule has 116 valence electrons. The molecule has 3 N–H and O–H groups in total. The van der Waals surface area contributed by atoms with E-state index in [-0.39, 0.29) is 30.1 Å². The van der Waals surface area contributed by atoms with Crippen molar-refractivity contribution in [3.8, 4) is 0 Å². The fraction of sp³-hybridized carbons (Fsp3) is 0.467. The molecule has 0 saturated carbocycles. The highest BCUT2D eigenvalue weighted by atomic mass is 35.5. The topological polar surface area (TPSA) is 75.4 Å². The third-order valence-corrected chi connectivity index (χ3v) is 3.53. The first kappa shape index (κ1) is 17.5. The van der Waals surface area contributed by atoms with E-state index in [0.29, 0.717) is 25.1 Å². The first-order valence-electron chi connectivity index (χ1n) is 7.00. The number of nitrogens with one attached hydrogen (secondary N) is 1. The lowest BCUT2D eigenvalue weighted by Gasteiger charge is -2.16. The Morgan fingerprint density at radius 2 is 2.05 bits per heavy atom. The number of halogens is 1. The molecule has 6 heteroatoms. The normalized spacial score (nSPS) is 15.5. The smallest absolute Gasteiger partial charge is 0.251 e. The van der Waals surface area contributed by atoms with Crippen LogP contribution in [0.2, 0.25) is 0 Å². The van der Waals surface area contributed by atoms with Gasteiger partial charge < -0.3 is 16.0 Å². The monoisotopic (exact) mass is 311 g/mol. The number of nitrogens with two attached hydrogens (primary N) is 1. The van der Waals surface area contributed by atoms with Gasteiger partial charge in [0.15, 0.2) is 0 Å². The molecule has 2 amide bonds. The van der Waals surface area contributed by atoms with Crippen molar-refractivity contribution < 1.29 is 9.59 Å². The van der Waals surface area contributed by atoms with Gasteiger partial charge in [-0.3, -0.25) is 9.59 Å². The summed E-state index contributed by atoms with van der Waals surface area (Å²) in [4.78, 5) is 25.3. The van der Waals surface area contributed by atoms with E-state index in [0.717, 1.165) is 18.7 Å². The molecule has 1 fully saturated rings. The van der Waals surface area contributed by atoms with Gasteiger partial charge in [0.05, 0.1) is 0 Å². The predicted molar refractivity (Wildman–Crippen MR) is 85.8 cm³/mol. The van der Waals surface area contributed by atoms with Crippen LogP contribution in [0.25, 0.3) is 0 Å². The lowest BCUT2D eigenvalue weighted by Crippen LogP contribution is -2.31. The lowest BCUT2D eigenvalue weighted by atomic mass is 10.1. The van der Waals surface area contributed by atoms with E-state index in [1.54, 1.807) is 17.0 Å². The highest BCUT2D eigenvalue weighted by Crippen LogP contribution is 2.21. The Morgan fingerprint density at radius 1 is 1.38 bits per heavy atom. The van der Waals surface area contributed by atoms with Crippen LogP contribution in [-0.2, 0) is 4.79 Å². The van der Waals surface area contributed by atoms with E-state index >= 15 is 0 Å². The van der Waals surface area contributed by atoms with E-state index in [2.05, 4.69) is 5.32 Å². The quantitative estimate of drug-likeness (QED) is 0.866. The summed E-state index contributed by atoms with van der Waals surface area (Å²) in [6.45, 7) is 3.87. The molecule has 0 aliphatic carbocycles. The van der Waals surface area contributed by atoms with Crippen molar-refractivity contribution in [2.75, 3.05) is 24.5 Å². The molecular formula is C15H22ClN3O2. The molecule has 1 aromatic carbocycles. The van der Waals surface area contributed by atoms with Crippen LogP contribution < -0.4 is 16.0 Å². The molecular weight excluding hydrogens is 290 g/mol. The summed E-state index contributed by atoms with van der Waals surface area (Å²) in [7, 11) is 0. The summed E-state index contributed by atoms with van der Waals surface area (Å²) < 4.78 is 0. The Kier molecular flexibility index (Phi) is 6.65. The second kappa shape index (κ2) is 8.00. The van der Waals surface area contributed by atoms with Crippen LogP contribution in [0, 0.1) is 5.92 Å². The number of benzene rings is 1. The fourth-order valence-electron chi connectivity index (χ4n) is 2.17. The summed E-state index contributed by atoms with van der Waals surface area (Å²) >= 11 is 0. The minimum Gasteiger partial charge on any atom is -0.352 e. The van der Waals surface area contributed by atoms with Gasteiger partial charge in [-0.15, -0.1) is 12.4 Å². The minimum atomic E-state index is -0.107. The van der Waals surface area contributed by atoms with Gasteiger partial charge in [0.1, 0.15) is 0 Å². The fourth-order valence-corrected chi connectivity index (χ4v) is 2.17. The number of rotatable bonds is 5. The average molecular weight is 312 g/mol. The number of anilines is 1. The van der Waals surface area contributed by atoms with Crippen molar-refractivity contribution >= 4 is 29.9 Å². The SMILES string of the molecule is CC(CN)CNC(=O)c1ccc(N2CCCC2=O)cc1.Cl. The van der Waals surface area contributed by atoms with Gasteiger partial charge in [0.2, 0.25) is 5.91 Å². The summed E-state index contributed by atoms with van der Waals surface area (Å²) in [6.07, 6.45) is 1.51. The molecule has 0 radical (unpaired) electrons. The number of carbonyl (C=O) groups is 2. The minimum absolute atomic E-state index is 0. The molecule has 1 saturated heterocycles. The Bertz CT molecular complexity index is 490. The molecule has 0 bridgehead atoms. The zero-order valence-electron chi connectivity index (χ0n) is 12.2. The first-order chi connectivity index (χ1) is 9.61. The van der Waals surface area contributed by atoms with Crippen LogP contribution >= 0.6 is 12.4 Å². The van der Waals surface area contributed by atoms with Crippen molar-refractivity contribution in [1.82, 2.24) is 5.32 Å². The van der Waals surface area contributed by atoms with Crippen LogP contribution in [0.5, 0.6) is 0 Å². The Hall–Kier alpha value is -1.59. The number of amides is 2. The Labute approximate surface area is 131 Å². The van der Waals surface area contributed by atoms with Crippen LogP contribution in [0.15, 0.2) is 24.3 Å². The molecule has 21 heavy (non-hydrogen) atoms. The third-order valence-electron chi connectivity index (χ3n) is 3.53. The van der Waals surface area contributed by atoms with Crippen LogP contribution in [0.3, 0.4) is 0 Å². The maximum Gasteiger partial charge on any atom is 0.251 e. The zero-order chi connectivity index (χ0) is 14.5. The molecule has 5 nitrogen and oxygen atoms in total. The highest BCUT2D eigenvalue weighted by Gasteiger charge is 2.21. The van der Waals surface area contributed by atoms with Gasteiger partial charge in [-0.1, -0.05) is 6.92 Å². The number of hydrogen-bond donors (Lipinski definition) is 2. The summed E-state index contributed by atoms with van der Waals surface area (Å²) in [5.74, 6) is 0.309. The number of nitrogens with zero attached hydrogens (tertiary/aromatic N) is 1. The van der Waals surface area contributed by atoms with Crippen LogP contribution in [0.4, 0.5) is 5.69 Å². The largest absolute Gasteiger partial charge is 0.352 e. The average Bonchev–Trinajstić information content (AvgIpc) is 2.90. The van der Waals surface area contributed by atoms with Gasteiger partial charge >= 0.3 is 0 Å². The van der Waals surface area contributed by atoms with E-state index in [1.165, 1.54) is 0 Å². The van der Waals surface area contributed by atoms with Gasteiger partial charge in [-0.05, 0) is 43.1 Å². The standard InChI is InChI=1S/C15H21N3O2.ClH/c1-11(9-16)10-17-15(20)12-4-6-13(7-5-12)18-8-2-3-14(18)19;/h4-7,11H,2-3,8-10,16H2,1H3,(H,17,20);1H. The maximum atomic E-state index is 11.9. The van der Waals surface area contributed by atoms with E-state index < -0.39 is 0 Å². The third kappa shape index (κ3) is 4.44. The number of carbonyl (C=O) groups excluding carboxylic acids is 2. The molecule has 1 aliphatic heterocycles. The van der Waals surface area contributed by atoms with Crippen molar-refractivity contribution in [3.63, 3.8) is 0 Å². The Morgan fingerprint density at radius 3 is 2.57 bits per heavy atom. The molecule has 0 aromatic heterocycles. The predicted octanol–water partition coefficient (Wildman–Crippen LogP) is 1.56. The molecule has 1 heterocycles. The molecule has 2 rings (SSSR count). The second-order valence-corrected chi connectivity index (χ2v) is 5.25. The van der Waals surface area contributed by atoms with Crippen molar-refractivity contribution in [1.29, 1.82) is 0 Å². The number of hydrogen-bond acceptors (Lipinski definition) is 3. The van der Waals surface area contributed by atoms with Gasteiger partial charge in [-0.25, -0.2) is 0 Å². The van der Waals surface area contributed by atoms with Crippen molar-refractivity contribution in [3.05, 3.63) is 29.8 Å². The Balaban J connectivity index is 0.00000220. The van der Waals surface area contributed by atoms with Gasteiger partial charge in [-0.2, -0.15) is 0 Å². The van der Waals surface area contributed by atoms with Crippen LogP contribution in [-0.4, -0.2) is 31.4 Å². The van der Waals surface area contributed by atoms with E-state index in [1.807, 2.05) is 19.1 Å². The molecule has 0 spiro atoms. The molecule has 1 aromatic rings. The molecule has 1 aliphatic rings. The van der Waals surface area contributed by atoms with E-state index in [9.17, 15) is 9.59 Å². The summed E-state index contributed by atoms with van der Waals surface area (Å²) in [5, 5.41) is 2.85. The van der Waals surface area contributed by atoms with Gasteiger partial charge in [0, 0.05) is 30.8 Å². The van der Waals surface area contributed by atoms with E-state index in [4.69, 9.17) is 5.73 Å². The maximum absolute atomic E-state index is 11.9. The van der Waals surface area contributed by atoms with Gasteiger partial charge in [0.25, 0.3) is 5.91 Å². The van der Waals surface area contributed by atoms with Crippen molar-refractivity contribution in [2.24, 2.45) is 11.7 Å². The van der Waals surface area contributed by atoms with Crippen LogP contribution in [0.1, 0.15) is 30.1 Å². The van der Waals surface area contributed by atoms with Crippen molar-refractivity contribution in [2.45, 2.75) is 19.8 Å². The second-order valence-electron chi connectivity index (χ2n) is 5.25. The summed E-state index contributed by atoms with van der Waals surface area (Å²) in [5.41, 5.74) is 6.97.